The lowest BCUT2D eigenvalue weighted by molar-refractivity contribution is -0.142. The Kier molecular flexibility index (Phi) is 14.9. The third kappa shape index (κ3) is 11.4. The molecule has 0 radical (unpaired) electrons. The maximum Gasteiger partial charge on any atom is 0.534 e. The van der Waals surface area contributed by atoms with Gasteiger partial charge in [0.15, 0.2) is 27.0 Å². The van der Waals surface area contributed by atoms with Crippen LogP contribution < -0.4 is 4.18 Å². The van der Waals surface area contributed by atoms with E-state index in [1.165, 1.54) is 79.9 Å². The van der Waals surface area contributed by atoms with Gasteiger partial charge in [0.05, 0.1) is 57.5 Å². The highest BCUT2D eigenvalue weighted by molar-refractivity contribution is 7.90. The Morgan fingerprint density at radius 2 is 1.01 bits per heavy atom. The molecule has 0 fully saturated rings. The highest BCUT2D eigenvalue weighted by Crippen LogP contribution is 2.39. The molecule has 5 aromatic carbocycles. The van der Waals surface area contributed by atoms with Crippen LogP contribution in [0.1, 0.15) is 32.1 Å². The lowest BCUT2D eigenvalue weighted by Crippen LogP contribution is -2.28. The molecular formula is C44H29Cl2F9N4O9S2. The second-order valence-corrected chi connectivity index (χ2v) is 18.7. The van der Waals surface area contributed by atoms with Crippen LogP contribution >= 0.6 is 23.2 Å². The quantitative estimate of drug-likeness (QED) is 0.0554. The van der Waals surface area contributed by atoms with Crippen molar-refractivity contribution in [1.82, 2.24) is 19.6 Å². The van der Waals surface area contributed by atoms with Crippen molar-refractivity contribution in [3.05, 3.63) is 154 Å². The van der Waals surface area contributed by atoms with Gasteiger partial charge >= 0.3 is 39.9 Å². The number of carbonyl (C=O) groups excluding carboxylic acids is 2. The predicted octanol–water partition coefficient (Wildman–Crippen LogP) is 11.3. The average Bonchev–Trinajstić information content (AvgIpc) is 3.95. The number of ether oxygens (including phenoxy) is 2. The van der Waals surface area contributed by atoms with Gasteiger partial charge in [-0.25, -0.2) is 27.4 Å². The van der Waals surface area contributed by atoms with E-state index in [2.05, 4.69) is 19.1 Å². The first-order chi connectivity index (χ1) is 32.5. The molecule has 70 heavy (non-hydrogen) atoms. The first kappa shape index (κ1) is 52.5. The molecule has 368 valence electrons. The highest BCUT2D eigenvalue weighted by Gasteiger charge is 2.49. The van der Waals surface area contributed by atoms with Gasteiger partial charge in [0.2, 0.25) is 0 Å². The fourth-order valence-electron chi connectivity index (χ4n) is 6.39. The van der Waals surface area contributed by atoms with E-state index in [0.29, 0.717) is 23.3 Å². The van der Waals surface area contributed by atoms with Crippen molar-refractivity contribution in [2.45, 2.75) is 22.8 Å². The summed E-state index contributed by atoms with van der Waals surface area (Å²) in [6.45, 7) is 0. The highest BCUT2D eigenvalue weighted by atomic mass is 35.5. The van der Waals surface area contributed by atoms with E-state index >= 15 is 0 Å². The molecule has 2 heterocycles. The van der Waals surface area contributed by atoms with Gasteiger partial charge < -0.3 is 13.7 Å². The Balaban J connectivity index is 0.000000230. The number of carbonyl (C=O) groups is 2. The second-order valence-electron chi connectivity index (χ2n) is 14.3. The molecule has 2 aromatic heterocycles. The molecule has 0 unspecified atom stereocenters. The van der Waals surface area contributed by atoms with E-state index in [1.54, 1.807) is 18.2 Å². The van der Waals surface area contributed by atoms with E-state index in [0.717, 1.165) is 40.9 Å². The Bertz CT molecular complexity index is 3380. The molecule has 0 saturated heterocycles. The third-order valence-electron chi connectivity index (χ3n) is 9.62. The molecule has 0 aliphatic heterocycles. The summed E-state index contributed by atoms with van der Waals surface area (Å²) in [4.78, 5) is 24.9. The maximum absolute atomic E-state index is 13.6. The van der Waals surface area contributed by atoms with Gasteiger partial charge in [0, 0.05) is 17.4 Å². The number of benzene rings is 5. The predicted molar refractivity (Wildman–Crippen MR) is 235 cm³/mol. The largest absolute Gasteiger partial charge is 0.534 e. The molecule has 0 saturated carbocycles. The van der Waals surface area contributed by atoms with Gasteiger partial charge in [-0.05, 0) is 83.9 Å². The van der Waals surface area contributed by atoms with E-state index in [-0.39, 0.29) is 54.4 Å². The van der Waals surface area contributed by atoms with Crippen molar-refractivity contribution in [2.75, 3.05) is 20.5 Å². The van der Waals surface area contributed by atoms with Gasteiger partial charge in [-0.2, -0.15) is 58.1 Å². The zero-order valence-corrected chi connectivity index (χ0v) is 38.6. The Labute approximate surface area is 400 Å². The number of sulfone groups is 1. The molecular weight excluding hydrogens is 1030 g/mol. The number of methoxy groups -OCH3 is 2. The van der Waals surface area contributed by atoms with Crippen LogP contribution in [0.3, 0.4) is 0 Å². The number of esters is 2. The number of aromatic nitrogens is 4. The number of hydrogen-bond acceptors (Lipinski definition) is 11. The molecule has 0 amide bonds. The Morgan fingerprint density at radius 3 is 1.46 bits per heavy atom. The van der Waals surface area contributed by atoms with Gasteiger partial charge in [-0.15, -0.1) is 0 Å². The first-order valence-corrected chi connectivity index (χ1v) is 23.2. The number of rotatable bonds is 10. The summed E-state index contributed by atoms with van der Waals surface area (Å²) >= 11 is 12.3. The molecule has 0 bridgehead atoms. The molecule has 13 nitrogen and oxygen atoms in total. The second kappa shape index (κ2) is 19.8. The van der Waals surface area contributed by atoms with Crippen LogP contribution in [0, 0.1) is 0 Å². The van der Waals surface area contributed by atoms with Crippen molar-refractivity contribution < 1.29 is 79.6 Å². The summed E-state index contributed by atoms with van der Waals surface area (Å²) in [6.07, 6.45) is -8.54. The molecule has 0 aliphatic carbocycles. The fourth-order valence-corrected chi connectivity index (χ4v) is 7.96. The van der Waals surface area contributed by atoms with Crippen LogP contribution in [-0.4, -0.2) is 74.3 Å². The van der Waals surface area contributed by atoms with E-state index in [1.807, 2.05) is 0 Å². The van der Waals surface area contributed by atoms with Crippen LogP contribution in [-0.2, 0) is 41.8 Å². The van der Waals surface area contributed by atoms with Gasteiger partial charge in [0.25, 0.3) is 0 Å². The van der Waals surface area contributed by atoms with E-state index in [4.69, 9.17) is 27.9 Å². The minimum atomic E-state index is -6.16. The number of hydrogen-bond donors (Lipinski definition) is 0. The lowest BCUT2D eigenvalue weighted by atomic mass is 9.96. The average molecular weight is 1060 g/mol. The van der Waals surface area contributed by atoms with Crippen molar-refractivity contribution in [3.63, 3.8) is 0 Å². The molecule has 7 rings (SSSR count). The number of para-hydroxylation sites is 2. The monoisotopic (exact) mass is 1060 g/mol. The summed E-state index contributed by atoms with van der Waals surface area (Å²) in [5, 5.41) is 7.44. The lowest BCUT2D eigenvalue weighted by Gasteiger charge is -2.14. The van der Waals surface area contributed by atoms with Crippen molar-refractivity contribution in [3.8, 4) is 50.8 Å². The maximum atomic E-state index is 13.6. The Hall–Kier alpha value is -6.89. The SMILES string of the molecule is COC(=O)c1cc(-c2cc(C(F)(F)F)nn2-c2ccccc2Cl)ccc1-c1cccc(S(C)(=O)=O)c1.COC(=O)c1cc(-c2cc(C(F)(F)F)nn2-c2ccccc2Cl)ccc1OS(=O)(=O)C(F)(F)F. The van der Waals surface area contributed by atoms with Gasteiger partial charge in [0.1, 0.15) is 5.56 Å². The number of halogens is 11. The summed E-state index contributed by atoms with van der Waals surface area (Å²) in [6, 6.07) is 26.3. The third-order valence-corrected chi connectivity index (χ3v) is 12.3. The van der Waals surface area contributed by atoms with Crippen LogP contribution in [0.4, 0.5) is 39.5 Å². The minimum absolute atomic E-state index is 0.0185. The van der Waals surface area contributed by atoms with Crippen molar-refractivity contribution in [1.29, 1.82) is 0 Å². The van der Waals surface area contributed by atoms with Gasteiger partial charge in [-0.3, -0.25) is 0 Å². The summed E-state index contributed by atoms with van der Waals surface area (Å²) in [5.41, 5.74) is -8.20. The van der Waals surface area contributed by atoms with E-state index in [9.17, 15) is 65.9 Å². The van der Waals surface area contributed by atoms with Crippen LogP contribution in [0.5, 0.6) is 5.75 Å². The smallest absolute Gasteiger partial charge is 0.465 e. The van der Waals surface area contributed by atoms with Crippen LogP contribution in [0.2, 0.25) is 10.0 Å². The van der Waals surface area contributed by atoms with Crippen molar-refractivity contribution in [2.24, 2.45) is 0 Å². The molecule has 7 aromatic rings. The van der Waals surface area contributed by atoms with Gasteiger partial charge in [-0.1, -0.05) is 71.7 Å². The zero-order valence-electron chi connectivity index (χ0n) is 35.5. The fraction of sp³-hybridized carbons (Fsp3) is 0.136. The summed E-state index contributed by atoms with van der Waals surface area (Å²) < 4.78 is 181. The zero-order chi connectivity index (χ0) is 51.7. The Morgan fingerprint density at radius 1 is 0.557 bits per heavy atom. The molecule has 0 aliphatic rings. The number of alkyl halides is 9. The summed E-state index contributed by atoms with van der Waals surface area (Å²) in [5.74, 6) is -3.11. The normalized spacial score (nSPS) is 12.2. The molecule has 0 N–H and O–H groups in total. The minimum Gasteiger partial charge on any atom is -0.465 e. The topological polar surface area (TPSA) is 166 Å². The standard InChI is InChI=1S/C25H18ClF3N2O4S.C19H11ClF6N2O5S/c1-35-24(32)19-13-16(10-11-18(19)15-6-5-7-17(12-15)36(2,33)34)22-14-23(25(27,28)29)30-31(22)21-9-4-3-8-20(21)26;1-32-17(29)11-8-10(6-7-15(11)33-34(30,31)19(24,25)26)14-9-16(18(21,22)23)27-28(14)13-5-3-2-4-12(13)20/h3-14H,1-2H3;2-9H,1H3. The van der Waals surface area contributed by atoms with Crippen molar-refractivity contribution >= 4 is 55.1 Å². The molecule has 26 heteroatoms. The molecule has 0 spiro atoms. The first-order valence-electron chi connectivity index (χ1n) is 19.2. The number of nitrogens with zero attached hydrogens (tertiary/aromatic N) is 4. The van der Waals surface area contributed by atoms with Crippen LogP contribution in [0.15, 0.2) is 126 Å². The van der Waals surface area contributed by atoms with E-state index < -0.39 is 72.5 Å². The molecule has 0 atom stereocenters. The summed E-state index contributed by atoms with van der Waals surface area (Å²) in [7, 11) is -7.66. The van der Waals surface area contributed by atoms with Crippen LogP contribution in [0.25, 0.3) is 45.0 Å².